The molecule has 5 aromatic rings. The highest BCUT2D eigenvalue weighted by molar-refractivity contribution is 6.00. The van der Waals surface area contributed by atoms with Crippen LogP contribution in [0.3, 0.4) is 0 Å². The van der Waals surface area contributed by atoms with Crippen molar-refractivity contribution in [2.45, 2.75) is 57.3 Å². The molecule has 2 aliphatic carbocycles. The van der Waals surface area contributed by atoms with Crippen molar-refractivity contribution in [2.24, 2.45) is 23.5 Å². The number of benzene rings is 1. The molecule has 1 aromatic carbocycles. The van der Waals surface area contributed by atoms with E-state index < -0.39 is 0 Å². The number of nitrogens with zero attached hydrogens (tertiary/aromatic N) is 8. The van der Waals surface area contributed by atoms with Crippen molar-refractivity contribution in [3.05, 3.63) is 60.6 Å². The van der Waals surface area contributed by atoms with Gasteiger partial charge in [0.05, 0.1) is 18.3 Å². The molecule has 2 unspecified atom stereocenters. The van der Waals surface area contributed by atoms with Crippen LogP contribution in [0, 0.1) is 17.8 Å². The molecule has 0 radical (unpaired) electrons. The van der Waals surface area contributed by atoms with Crippen molar-refractivity contribution < 1.29 is 9.53 Å². The Labute approximate surface area is 267 Å². The molecule has 1 amide bonds. The molecule has 4 atom stereocenters. The number of fused-ring (bicyclic) bond motifs is 4. The van der Waals surface area contributed by atoms with Gasteiger partial charge in [0.1, 0.15) is 16.9 Å². The van der Waals surface area contributed by atoms with Gasteiger partial charge in [0.25, 0.3) is 5.91 Å². The molecule has 2 N–H and O–H groups in total. The fourth-order valence-corrected chi connectivity index (χ4v) is 8.22. The molecule has 6 heterocycles. The lowest BCUT2D eigenvalue weighted by Crippen LogP contribution is -2.41. The molecular weight excluding hydrogens is 578 g/mol. The summed E-state index contributed by atoms with van der Waals surface area (Å²) in [5.74, 6) is 3.73. The van der Waals surface area contributed by atoms with Gasteiger partial charge < -0.3 is 29.4 Å². The van der Waals surface area contributed by atoms with Crippen LogP contribution >= 0.6 is 0 Å². The molecule has 11 heteroatoms. The highest BCUT2D eigenvalue weighted by atomic mass is 16.5. The number of pyridine rings is 1. The van der Waals surface area contributed by atoms with Gasteiger partial charge in [0.2, 0.25) is 5.95 Å². The predicted molar refractivity (Wildman–Crippen MR) is 176 cm³/mol. The minimum Gasteiger partial charge on any atom is -0.494 e. The first-order valence-corrected chi connectivity index (χ1v) is 16.7. The summed E-state index contributed by atoms with van der Waals surface area (Å²) in [5, 5.41) is 1.10. The Morgan fingerprint density at radius 2 is 1.76 bits per heavy atom. The Kier molecular flexibility index (Phi) is 6.52. The molecular formula is C35H39N9O2. The zero-order valence-electron chi connectivity index (χ0n) is 26.1. The fourth-order valence-electron chi connectivity index (χ4n) is 8.22. The average Bonchev–Trinajstić information content (AvgIpc) is 3.40. The summed E-state index contributed by atoms with van der Waals surface area (Å²) >= 11 is 0. The Bertz CT molecular complexity index is 1950. The zero-order chi connectivity index (χ0) is 30.9. The number of anilines is 1. The molecule has 11 nitrogen and oxygen atoms in total. The maximum absolute atomic E-state index is 14.0. The number of methoxy groups -OCH3 is 1. The van der Waals surface area contributed by atoms with E-state index in [9.17, 15) is 4.79 Å². The second kappa shape index (κ2) is 10.8. The predicted octanol–water partition coefficient (Wildman–Crippen LogP) is 4.35. The molecule has 9 rings (SSSR count). The van der Waals surface area contributed by atoms with Gasteiger partial charge in [-0.2, -0.15) is 0 Å². The molecule has 2 bridgehead atoms. The van der Waals surface area contributed by atoms with Crippen LogP contribution in [0.25, 0.3) is 33.6 Å². The monoisotopic (exact) mass is 617 g/mol. The van der Waals surface area contributed by atoms with Gasteiger partial charge >= 0.3 is 0 Å². The van der Waals surface area contributed by atoms with Gasteiger partial charge in [0, 0.05) is 74.3 Å². The van der Waals surface area contributed by atoms with E-state index in [1.165, 1.54) is 12.8 Å². The number of rotatable bonds is 8. The second-order valence-electron chi connectivity index (χ2n) is 13.7. The number of hydrogen-bond donors (Lipinski definition) is 1. The SMILES string of the molecule is COc1cc(C(=O)N2CC3CCC2[C@@H]3N)cc2nc(-c3cc4cccnc4n3CC3CC3)n(C[C@@H]3CCN(c4ncccn4)C3)c12. The minimum atomic E-state index is 0.0142. The van der Waals surface area contributed by atoms with E-state index >= 15 is 0 Å². The van der Waals surface area contributed by atoms with Crippen LogP contribution in [0.1, 0.15) is 42.5 Å². The number of carbonyl (C=O) groups excluding carboxylic acids is 1. The maximum atomic E-state index is 14.0. The summed E-state index contributed by atoms with van der Waals surface area (Å²) in [4.78, 5) is 37.3. The zero-order valence-corrected chi connectivity index (χ0v) is 26.1. The molecule has 2 saturated heterocycles. The number of aromatic nitrogens is 6. The Hall–Kier alpha value is -4.51. The summed E-state index contributed by atoms with van der Waals surface area (Å²) in [7, 11) is 1.69. The number of amides is 1. The summed E-state index contributed by atoms with van der Waals surface area (Å²) in [6.07, 6.45) is 11.0. The molecule has 0 spiro atoms. The lowest BCUT2D eigenvalue weighted by Gasteiger charge is -2.27. The molecule has 2 saturated carbocycles. The third kappa shape index (κ3) is 4.54. The minimum absolute atomic E-state index is 0.0142. The van der Waals surface area contributed by atoms with Crippen LogP contribution < -0.4 is 15.4 Å². The summed E-state index contributed by atoms with van der Waals surface area (Å²) < 4.78 is 10.7. The number of imidazole rings is 1. The summed E-state index contributed by atoms with van der Waals surface area (Å²) in [6, 6.07) is 12.2. The number of piperidine rings is 1. The van der Waals surface area contributed by atoms with Gasteiger partial charge in [-0.1, -0.05) is 0 Å². The highest BCUT2D eigenvalue weighted by Gasteiger charge is 2.47. The number of nitrogens with two attached hydrogens (primary N) is 1. The van der Waals surface area contributed by atoms with Crippen LogP contribution in [-0.2, 0) is 13.1 Å². The van der Waals surface area contributed by atoms with Crippen LogP contribution in [0.5, 0.6) is 5.75 Å². The van der Waals surface area contributed by atoms with Gasteiger partial charge in [-0.05, 0) is 86.3 Å². The van der Waals surface area contributed by atoms with Crippen LogP contribution in [0.15, 0.2) is 55.0 Å². The lowest BCUT2D eigenvalue weighted by molar-refractivity contribution is 0.0700. The van der Waals surface area contributed by atoms with Gasteiger partial charge in [-0.25, -0.2) is 19.9 Å². The summed E-state index contributed by atoms with van der Waals surface area (Å²) in [5.41, 5.74) is 10.8. The van der Waals surface area contributed by atoms with E-state index in [2.05, 4.69) is 36.1 Å². The van der Waals surface area contributed by atoms with E-state index in [1.54, 1.807) is 19.5 Å². The van der Waals surface area contributed by atoms with Crippen molar-refractivity contribution in [3.8, 4) is 17.3 Å². The second-order valence-corrected chi connectivity index (χ2v) is 13.7. The smallest absolute Gasteiger partial charge is 0.254 e. The van der Waals surface area contributed by atoms with Crippen molar-refractivity contribution >= 4 is 33.9 Å². The first kappa shape index (κ1) is 27.8. The van der Waals surface area contributed by atoms with E-state index in [4.69, 9.17) is 20.4 Å². The van der Waals surface area contributed by atoms with Crippen molar-refractivity contribution in [1.29, 1.82) is 0 Å². The first-order chi connectivity index (χ1) is 22.6. The third-order valence-corrected chi connectivity index (χ3v) is 10.8. The van der Waals surface area contributed by atoms with Crippen molar-refractivity contribution in [2.75, 3.05) is 31.6 Å². The van der Waals surface area contributed by atoms with Gasteiger partial charge in [-0.15, -0.1) is 0 Å². The van der Waals surface area contributed by atoms with E-state index in [-0.39, 0.29) is 18.0 Å². The van der Waals surface area contributed by atoms with Gasteiger partial charge in [0.15, 0.2) is 5.82 Å². The van der Waals surface area contributed by atoms with Gasteiger partial charge in [-0.3, -0.25) is 4.79 Å². The maximum Gasteiger partial charge on any atom is 0.254 e. The summed E-state index contributed by atoms with van der Waals surface area (Å²) in [6.45, 7) is 4.15. The molecule has 4 aromatic heterocycles. The Morgan fingerprint density at radius 3 is 2.52 bits per heavy atom. The average molecular weight is 618 g/mol. The standard InChI is InChI=1S/C35H39N9O2/c1-46-29-16-25(34(45)43-20-24-7-8-27(43)30(24)36)14-26-31(29)44(19-22-9-13-41(17-22)35-38-11-3-12-39-35)33(40-26)28-15-23-4-2-10-37-32(23)42(28)18-21-5-6-21/h2-4,10-12,14-16,21-22,24,27,30H,5-9,13,17-20,36H2,1H3/t22-,24?,27?,30-/m1/s1. The Balaban J connectivity index is 1.16. The lowest BCUT2D eigenvalue weighted by atomic mass is 10.1. The van der Waals surface area contributed by atoms with Crippen molar-refractivity contribution in [1.82, 2.24) is 34.0 Å². The largest absolute Gasteiger partial charge is 0.494 e. The molecule has 2 aliphatic heterocycles. The number of ether oxygens (including phenoxy) is 1. The number of hydrogen-bond acceptors (Lipinski definition) is 8. The van der Waals surface area contributed by atoms with Crippen LogP contribution in [0.4, 0.5) is 5.95 Å². The Morgan fingerprint density at radius 1 is 0.935 bits per heavy atom. The molecule has 4 aliphatic rings. The highest BCUT2D eigenvalue weighted by Crippen LogP contribution is 2.41. The topological polar surface area (TPSA) is 120 Å². The van der Waals surface area contributed by atoms with E-state index in [0.29, 0.717) is 29.1 Å². The van der Waals surface area contributed by atoms with Crippen LogP contribution in [-0.4, -0.2) is 78.7 Å². The first-order valence-electron chi connectivity index (χ1n) is 16.7. The quantitative estimate of drug-likeness (QED) is 0.273. The normalized spacial score (nSPS) is 24.1. The molecule has 46 heavy (non-hydrogen) atoms. The molecule has 4 fully saturated rings. The fraction of sp³-hybridized carbons (Fsp3) is 0.457. The van der Waals surface area contributed by atoms with Crippen LogP contribution in [0.2, 0.25) is 0 Å². The van der Waals surface area contributed by atoms with Crippen molar-refractivity contribution in [3.63, 3.8) is 0 Å². The van der Waals surface area contributed by atoms with E-state index in [0.717, 1.165) is 91.5 Å². The third-order valence-electron chi connectivity index (χ3n) is 10.8. The number of likely N-dealkylation sites (tertiary alicyclic amines) is 1. The number of carbonyl (C=O) groups is 1. The molecule has 236 valence electrons. The van der Waals surface area contributed by atoms with E-state index in [1.807, 2.05) is 35.4 Å².